The predicted octanol–water partition coefficient (Wildman–Crippen LogP) is 4.58. The highest BCUT2D eigenvalue weighted by atomic mass is 35.5. The fraction of sp³-hybridized carbons (Fsp3) is 0.600. The second-order valence-electron chi connectivity index (χ2n) is 5.36. The zero-order valence-electron chi connectivity index (χ0n) is 11.9. The van der Waals surface area contributed by atoms with E-state index in [2.05, 4.69) is 39.3 Å². The van der Waals surface area contributed by atoms with E-state index < -0.39 is 0 Å². The Morgan fingerprint density at radius 2 is 2.35 bits per heavy atom. The van der Waals surface area contributed by atoms with Gasteiger partial charge in [0, 0.05) is 17.5 Å². The third-order valence-corrected chi connectivity index (χ3v) is 5.43. The molecule has 1 fully saturated rings. The first-order valence-electron chi connectivity index (χ1n) is 7.28. The third-order valence-electron chi connectivity index (χ3n) is 4.00. The van der Waals surface area contributed by atoms with Crippen LogP contribution in [-0.4, -0.2) is 25.5 Å². The molecule has 0 aliphatic heterocycles. The molecule has 0 radical (unpaired) electrons. The molecule has 1 aliphatic carbocycles. The van der Waals surface area contributed by atoms with Crippen LogP contribution in [0.2, 0.25) is 0 Å². The first-order valence-corrected chi connectivity index (χ1v) is 8.76. The maximum atomic E-state index is 6.35. The monoisotopic (exact) mass is 309 g/mol. The number of hydrogen-bond donors (Lipinski definition) is 0. The van der Waals surface area contributed by atoms with Crippen molar-refractivity contribution < 1.29 is 0 Å². The number of nitrogens with zero attached hydrogens (tertiary/aromatic N) is 3. The Morgan fingerprint density at radius 3 is 3.10 bits per heavy atom. The summed E-state index contributed by atoms with van der Waals surface area (Å²) < 4.78 is 2.37. The molecule has 3 unspecified atom stereocenters. The van der Waals surface area contributed by atoms with Gasteiger partial charge in [-0.15, -0.1) is 11.6 Å². The molecule has 3 atom stereocenters. The van der Waals surface area contributed by atoms with Gasteiger partial charge in [-0.25, -0.2) is 4.98 Å². The van der Waals surface area contributed by atoms with E-state index in [1.807, 2.05) is 19.3 Å². The maximum absolute atomic E-state index is 6.35. The molecule has 3 rings (SSSR count). The molecule has 3 nitrogen and oxygen atoms in total. The highest BCUT2D eigenvalue weighted by molar-refractivity contribution is 7.99. The smallest absolute Gasteiger partial charge is 0.128 e. The van der Waals surface area contributed by atoms with Crippen LogP contribution in [0.15, 0.2) is 18.5 Å². The van der Waals surface area contributed by atoms with Crippen LogP contribution < -0.4 is 0 Å². The molecule has 20 heavy (non-hydrogen) atoms. The molecular formula is C15H20ClN3S. The van der Waals surface area contributed by atoms with Crippen LogP contribution in [-0.2, 0) is 0 Å². The fourth-order valence-corrected chi connectivity index (χ4v) is 4.46. The largest absolute Gasteiger partial charge is 0.323 e. The number of halogens is 1. The van der Waals surface area contributed by atoms with E-state index in [1.165, 1.54) is 30.5 Å². The molecule has 0 aromatic carbocycles. The molecule has 0 spiro atoms. The van der Waals surface area contributed by atoms with Gasteiger partial charge >= 0.3 is 0 Å². The van der Waals surface area contributed by atoms with Crippen molar-refractivity contribution in [2.24, 2.45) is 0 Å². The SMILES string of the molecule is CCSC1CCC(n2c(C(C)Cl)nc3cnccc32)C1. The second kappa shape index (κ2) is 5.94. The lowest BCUT2D eigenvalue weighted by Gasteiger charge is -2.18. The molecule has 0 amide bonds. The van der Waals surface area contributed by atoms with Crippen molar-refractivity contribution in [3.05, 3.63) is 24.3 Å². The van der Waals surface area contributed by atoms with Crippen molar-refractivity contribution in [1.29, 1.82) is 0 Å². The van der Waals surface area contributed by atoms with E-state index in [-0.39, 0.29) is 5.38 Å². The number of alkyl halides is 1. The third kappa shape index (κ3) is 2.56. The van der Waals surface area contributed by atoms with E-state index in [9.17, 15) is 0 Å². The zero-order valence-corrected chi connectivity index (χ0v) is 13.5. The Bertz CT molecular complexity index is 596. The fourth-order valence-electron chi connectivity index (χ4n) is 3.17. The van der Waals surface area contributed by atoms with Gasteiger partial charge in [-0.1, -0.05) is 6.92 Å². The highest BCUT2D eigenvalue weighted by Gasteiger charge is 2.29. The van der Waals surface area contributed by atoms with Gasteiger partial charge in [0.1, 0.15) is 11.3 Å². The summed E-state index contributed by atoms with van der Waals surface area (Å²) in [4.78, 5) is 8.86. The van der Waals surface area contributed by atoms with Crippen molar-refractivity contribution in [3.63, 3.8) is 0 Å². The van der Waals surface area contributed by atoms with Gasteiger partial charge in [-0.05, 0) is 38.0 Å². The normalized spacial score (nSPS) is 24.4. The number of fused-ring (bicyclic) bond motifs is 1. The van der Waals surface area contributed by atoms with Gasteiger partial charge in [0.15, 0.2) is 0 Å². The first-order chi connectivity index (χ1) is 9.70. The Kier molecular flexibility index (Phi) is 4.22. The van der Waals surface area contributed by atoms with E-state index in [0.29, 0.717) is 6.04 Å². The lowest BCUT2D eigenvalue weighted by molar-refractivity contribution is 0.511. The molecule has 5 heteroatoms. The molecule has 108 valence electrons. The quantitative estimate of drug-likeness (QED) is 0.775. The van der Waals surface area contributed by atoms with Gasteiger partial charge in [-0.3, -0.25) is 4.98 Å². The van der Waals surface area contributed by atoms with Crippen LogP contribution in [0.1, 0.15) is 50.4 Å². The second-order valence-corrected chi connectivity index (χ2v) is 7.60. The van der Waals surface area contributed by atoms with Gasteiger partial charge in [0.05, 0.1) is 17.1 Å². The number of pyridine rings is 1. The molecule has 2 heterocycles. The average molecular weight is 310 g/mol. The molecule has 0 saturated heterocycles. The van der Waals surface area contributed by atoms with Crippen LogP contribution in [0, 0.1) is 0 Å². The maximum Gasteiger partial charge on any atom is 0.128 e. The summed E-state index contributed by atoms with van der Waals surface area (Å²) in [6.07, 6.45) is 7.42. The Labute approximate surface area is 129 Å². The standard InChI is InChI=1S/C15H20ClN3S/c1-3-20-12-5-4-11(8-12)19-14-6-7-17-9-13(14)18-15(19)10(2)16/h6-7,9-12H,3-5,8H2,1-2H3. The molecule has 1 aliphatic rings. The van der Waals surface area contributed by atoms with Crippen molar-refractivity contribution in [3.8, 4) is 0 Å². The minimum atomic E-state index is -0.0692. The number of aromatic nitrogens is 3. The Balaban J connectivity index is 1.99. The van der Waals surface area contributed by atoms with Crippen LogP contribution in [0.3, 0.4) is 0 Å². The minimum Gasteiger partial charge on any atom is -0.323 e. The van der Waals surface area contributed by atoms with E-state index >= 15 is 0 Å². The van der Waals surface area contributed by atoms with Gasteiger partial charge in [-0.2, -0.15) is 11.8 Å². The van der Waals surface area contributed by atoms with Gasteiger partial charge in [0.25, 0.3) is 0 Å². The summed E-state index contributed by atoms with van der Waals surface area (Å²) in [7, 11) is 0. The lowest BCUT2D eigenvalue weighted by atomic mass is 10.2. The summed E-state index contributed by atoms with van der Waals surface area (Å²) in [6.45, 7) is 4.24. The minimum absolute atomic E-state index is 0.0692. The number of imidazole rings is 1. The van der Waals surface area contributed by atoms with Crippen molar-refractivity contribution in [2.45, 2.75) is 49.8 Å². The van der Waals surface area contributed by atoms with Gasteiger partial charge < -0.3 is 4.57 Å². The average Bonchev–Trinajstić information content (AvgIpc) is 3.02. The number of rotatable bonds is 4. The molecule has 0 N–H and O–H groups in total. The van der Waals surface area contributed by atoms with E-state index in [0.717, 1.165) is 16.6 Å². The number of thioether (sulfide) groups is 1. The van der Waals surface area contributed by atoms with E-state index in [4.69, 9.17) is 11.6 Å². The van der Waals surface area contributed by atoms with Crippen LogP contribution in [0.5, 0.6) is 0 Å². The zero-order chi connectivity index (χ0) is 14.1. The molecule has 1 saturated carbocycles. The van der Waals surface area contributed by atoms with Crippen molar-refractivity contribution >= 4 is 34.4 Å². The summed E-state index contributed by atoms with van der Waals surface area (Å²) in [5.41, 5.74) is 2.14. The van der Waals surface area contributed by atoms with Gasteiger partial charge in [0.2, 0.25) is 0 Å². The van der Waals surface area contributed by atoms with E-state index in [1.54, 1.807) is 0 Å². The summed E-state index contributed by atoms with van der Waals surface area (Å²) >= 11 is 8.43. The number of hydrogen-bond acceptors (Lipinski definition) is 3. The van der Waals surface area contributed by atoms with Crippen LogP contribution >= 0.6 is 23.4 Å². The summed E-state index contributed by atoms with van der Waals surface area (Å²) in [6, 6.07) is 2.59. The molecule has 2 aromatic heterocycles. The molecule has 0 bridgehead atoms. The first kappa shape index (κ1) is 14.2. The Morgan fingerprint density at radius 1 is 1.50 bits per heavy atom. The summed E-state index contributed by atoms with van der Waals surface area (Å²) in [5, 5.41) is 0.711. The van der Waals surface area contributed by atoms with Crippen molar-refractivity contribution in [1.82, 2.24) is 14.5 Å². The van der Waals surface area contributed by atoms with Crippen LogP contribution in [0.25, 0.3) is 11.0 Å². The van der Waals surface area contributed by atoms with Crippen LogP contribution in [0.4, 0.5) is 0 Å². The lowest BCUT2D eigenvalue weighted by Crippen LogP contribution is -2.11. The Hall–Kier alpha value is -0.740. The molecular weight excluding hydrogens is 290 g/mol. The topological polar surface area (TPSA) is 30.7 Å². The van der Waals surface area contributed by atoms with Crippen molar-refractivity contribution in [2.75, 3.05) is 5.75 Å². The molecule has 2 aromatic rings. The summed E-state index contributed by atoms with van der Waals surface area (Å²) in [5.74, 6) is 2.19. The predicted molar refractivity (Wildman–Crippen MR) is 86.6 cm³/mol. The highest BCUT2D eigenvalue weighted by Crippen LogP contribution is 2.40.